The van der Waals surface area contributed by atoms with Crippen molar-refractivity contribution in [1.29, 1.82) is 0 Å². The molecule has 0 saturated heterocycles. The number of hydrogen-bond donors (Lipinski definition) is 0. The van der Waals surface area contributed by atoms with Crippen molar-refractivity contribution in [2.45, 2.75) is 11.8 Å². The van der Waals surface area contributed by atoms with Crippen molar-refractivity contribution in [3.8, 4) is 33.8 Å². The third-order valence-corrected chi connectivity index (χ3v) is 10.8. The Morgan fingerprint density at radius 3 is 1.98 bits per heavy atom. The van der Waals surface area contributed by atoms with Crippen LogP contribution in [0.4, 0.5) is 0 Å². The lowest BCUT2D eigenvalue weighted by atomic mass is 9.76. The summed E-state index contributed by atoms with van der Waals surface area (Å²) in [6.45, 7) is 0. The topological polar surface area (TPSA) is 9.23 Å². The van der Waals surface area contributed by atoms with E-state index in [1.807, 2.05) is 0 Å². The van der Waals surface area contributed by atoms with Crippen molar-refractivity contribution in [2.24, 2.45) is 0 Å². The Hall–Kier alpha value is -5.92. The van der Waals surface area contributed by atoms with Gasteiger partial charge in [-0.05, 0) is 107 Å². The van der Waals surface area contributed by atoms with Crippen LogP contribution in [-0.2, 0) is 0 Å². The van der Waals surface area contributed by atoms with E-state index >= 15 is 0 Å². The van der Waals surface area contributed by atoms with Gasteiger partial charge in [0, 0.05) is 22.8 Å². The van der Waals surface area contributed by atoms with Gasteiger partial charge in [-0.2, -0.15) is 0 Å². The molecule has 0 bridgehead atoms. The van der Waals surface area contributed by atoms with Crippen LogP contribution < -0.4 is 15.2 Å². The molecule has 0 spiro atoms. The van der Waals surface area contributed by atoms with E-state index in [1.165, 1.54) is 81.7 Å². The quantitative estimate of drug-likeness (QED) is 0.193. The summed E-state index contributed by atoms with van der Waals surface area (Å²) in [5.74, 6) is 2.48. The number of fused-ring (bicyclic) bond motifs is 7. The first kappa shape index (κ1) is 25.3. The minimum absolute atomic E-state index is 0.301. The fourth-order valence-electron chi connectivity index (χ4n) is 8.75. The van der Waals surface area contributed by atoms with Crippen LogP contribution in [0.15, 0.2) is 152 Å². The molecular formula is C46H28O. The lowest BCUT2D eigenvalue weighted by Gasteiger charge is -2.27. The Morgan fingerprint density at radius 1 is 0.426 bits per heavy atom. The Labute approximate surface area is 272 Å². The first-order valence-electron chi connectivity index (χ1n) is 16.5. The van der Waals surface area contributed by atoms with E-state index in [0.29, 0.717) is 11.8 Å². The second-order valence-electron chi connectivity index (χ2n) is 13.2. The lowest BCUT2D eigenvalue weighted by Crippen LogP contribution is -2.34. The van der Waals surface area contributed by atoms with Crippen molar-refractivity contribution >= 4 is 44.0 Å². The molecule has 0 aromatic heterocycles. The van der Waals surface area contributed by atoms with Gasteiger partial charge < -0.3 is 4.74 Å². The second kappa shape index (κ2) is 9.31. The molecule has 8 aromatic carbocycles. The second-order valence-corrected chi connectivity index (χ2v) is 13.2. The van der Waals surface area contributed by atoms with E-state index in [4.69, 9.17) is 4.74 Å². The van der Waals surface area contributed by atoms with E-state index in [1.54, 1.807) is 0 Å². The zero-order chi connectivity index (χ0) is 30.6. The summed E-state index contributed by atoms with van der Waals surface area (Å²) in [5, 5.41) is 10.4. The number of benzene rings is 8. The van der Waals surface area contributed by atoms with Gasteiger partial charge in [0.15, 0.2) is 0 Å². The van der Waals surface area contributed by atoms with Gasteiger partial charge in [-0.1, -0.05) is 127 Å². The largest absolute Gasteiger partial charge is 0.456 e. The van der Waals surface area contributed by atoms with Gasteiger partial charge in [-0.3, -0.25) is 0 Å². The monoisotopic (exact) mass is 596 g/mol. The average Bonchev–Trinajstić information content (AvgIpc) is 3.45. The zero-order valence-electron chi connectivity index (χ0n) is 25.6. The molecule has 1 heteroatoms. The molecule has 11 rings (SSSR count). The molecule has 8 aromatic rings. The van der Waals surface area contributed by atoms with Crippen LogP contribution >= 0.6 is 0 Å². The Balaban J connectivity index is 1.04. The molecule has 2 atom stereocenters. The fourth-order valence-corrected chi connectivity index (χ4v) is 8.75. The van der Waals surface area contributed by atoms with Gasteiger partial charge >= 0.3 is 0 Å². The number of rotatable bonds is 2. The van der Waals surface area contributed by atoms with Gasteiger partial charge in [-0.15, -0.1) is 0 Å². The molecule has 0 amide bonds. The van der Waals surface area contributed by atoms with Crippen molar-refractivity contribution in [3.05, 3.63) is 179 Å². The van der Waals surface area contributed by atoms with Crippen LogP contribution in [0.3, 0.4) is 0 Å². The molecule has 2 unspecified atom stereocenters. The Kier molecular flexibility index (Phi) is 5.01. The van der Waals surface area contributed by atoms with E-state index in [-0.39, 0.29) is 0 Å². The summed E-state index contributed by atoms with van der Waals surface area (Å²) in [6.07, 6.45) is 2.51. The maximum absolute atomic E-state index is 6.37. The van der Waals surface area contributed by atoms with E-state index in [9.17, 15) is 0 Å². The summed E-state index contributed by atoms with van der Waals surface area (Å²) in [5.41, 5.74) is 10.4. The first-order chi connectivity index (χ1) is 23.3. The summed E-state index contributed by atoms with van der Waals surface area (Å²) in [4.78, 5) is 0. The van der Waals surface area contributed by atoms with Gasteiger partial charge in [-0.25, -0.2) is 0 Å². The molecule has 218 valence electrons. The first-order valence-corrected chi connectivity index (χ1v) is 16.5. The van der Waals surface area contributed by atoms with Crippen LogP contribution in [0.1, 0.15) is 28.5 Å². The molecule has 0 fully saturated rings. The predicted octanol–water partition coefficient (Wildman–Crippen LogP) is 10.5. The molecule has 1 nitrogen and oxygen atoms in total. The van der Waals surface area contributed by atoms with Gasteiger partial charge in [0.05, 0.1) is 0 Å². The molecule has 2 aliphatic carbocycles. The molecular weight excluding hydrogens is 569 g/mol. The van der Waals surface area contributed by atoms with Crippen LogP contribution in [0.2, 0.25) is 0 Å². The minimum atomic E-state index is 0.301. The van der Waals surface area contributed by atoms with Crippen molar-refractivity contribution in [3.63, 3.8) is 0 Å². The summed E-state index contributed by atoms with van der Waals surface area (Å²) >= 11 is 0. The molecule has 3 aliphatic rings. The fraction of sp³-hybridized carbons (Fsp3) is 0.0435. The summed E-state index contributed by atoms with van der Waals surface area (Å²) < 4.78 is 6.37. The third kappa shape index (κ3) is 3.54. The van der Waals surface area contributed by atoms with Gasteiger partial charge in [0.1, 0.15) is 11.5 Å². The molecule has 0 saturated carbocycles. The van der Waals surface area contributed by atoms with Crippen molar-refractivity contribution in [1.82, 2.24) is 0 Å². The summed E-state index contributed by atoms with van der Waals surface area (Å²) in [7, 11) is 0. The molecule has 0 N–H and O–H groups in total. The Morgan fingerprint density at radius 2 is 1.11 bits per heavy atom. The highest BCUT2D eigenvalue weighted by Crippen LogP contribution is 2.53. The molecule has 0 radical (unpaired) electrons. The maximum atomic E-state index is 6.37. The van der Waals surface area contributed by atoms with E-state index in [2.05, 4.69) is 158 Å². The predicted molar refractivity (Wildman–Crippen MR) is 194 cm³/mol. The zero-order valence-corrected chi connectivity index (χ0v) is 25.6. The molecule has 47 heavy (non-hydrogen) atoms. The van der Waals surface area contributed by atoms with Gasteiger partial charge in [0.25, 0.3) is 0 Å². The summed E-state index contributed by atoms with van der Waals surface area (Å²) in [6, 6.07) is 56.0. The van der Waals surface area contributed by atoms with Gasteiger partial charge in [0.2, 0.25) is 0 Å². The van der Waals surface area contributed by atoms with Crippen LogP contribution in [0.25, 0.3) is 66.2 Å². The van der Waals surface area contributed by atoms with Crippen LogP contribution in [0.5, 0.6) is 11.5 Å². The third-order valence-electron chi connectivity index (χ3n) is 10.8. The smallest absolute Gasteiger partial charge is 0.135 e. The number of hydrogen-bond acceptors (Lipinski definition) is 1. The SMILES string of the molecule is C1=c2ccccc2=C(c2ccc3cc(-c4ccc5c(c4)-c4cccc6cccc(c46)O5)ccc3c2)C2c3cccc4cccc(c34)C12. The molecule has 1 heterocycles. The van der Waals surface area contributed by atoms with Crippen molar-refractivity contribution < 1.29 is 4.74 Å². The minimum Gasteiger partial charge on any atom is -0.456 e. The highest BCUT2D eigenvalue weighted by Gasteiger charge is 2.37. The van der Waals surface area contributed by atoms with Crippen LogP contribution in [0, 0.1) is 0 Å². The standard InChI is InChI=1S/C46H28O/c1-2-12-35-33(7-1)26-40-37-14-3-8-27-9-5-15-38(43(27)37)46(40)45(35)34-20-19-29-23-30(17-18-31(29)24-34)32-21-22-41-39(25-32)36-13-4-10-28-11-6-16-42(47-41)44(28)36/h1-26,40,46H. The van der Waals surface area contributed by atoms with E-state index < -0.39 is 0 Å². The normalized spacial score (nSPS) is 16.8. The highest BCUT2D eigenvalue weighted by molar-refractivity contribution is 6.05. The van der Waals surface area contributed by atoms with Crippen LogP contribution in [-0.4, -0.2) is 0 Å². The van der Waals surface area contributed by atoms with Crippen molar-refractivity contribution in [2.75, 3.05) is 0 Å². The van der Waals surface area contributed by atoms with E-state index in [0.717, 1.165) is 17.1 Å². The Bertz CT molecular complexity index is 2770. The maximum Gasteiger partial charge on any atom is 0.135 e. The average molecular weight is 597 g/mol. The highest BCUT2D eigenvalue weighted by atomic mass is 16.5. The molecule has 1 aliphatic heterocycles. The number of ether oxygens (including phenoxy) is 1. The lowest BCUT2D eigenvalue weighted by molar-refractivity contribution is 0.487.